The molecule has 0 aromatic carbocycles. The molecule has 0 aliphatic heterocycles. The molecular weight excluding hydrogens is 146 g/mol. The Balaban J connectivity index is 3.39. The maximum absolute atomic E-state index is 2.56. The molecule has 0 aromatic rings. The van der Waals surface area contributed by atoms with E-state index in [2.05, 4.69) is 32.6 Å². The average Bonchev–Trinajstić information content (AvgIpc) is 2.02. The van der Waals surface area contributed by atoms with Crippen molar-refractivity contribution in [2.24, 2.45) is 5.92 Å². The first-order valence-electron chi connectivity index (χ1n) is 5.43. The Morgan fingerprint density at radius 3 is 2.17 bits per heavy atom. The van der Waals surface area contributed by atoms with Gasteiger partial charge in [-0.05, 0) is 25.4 Å². The summed E-state index contributed by atoms with van der Waals surface area (Å²) in [5, 5.41) is 0. The maximum Gasteiger partial charge on any atom is 0.000427 e. The fraction of sp³-hybridized carbons (Fsp3) is 1.00. The van der Waals surface area contributed by atoms with Crippen LogP contribution in [0.15, 0.2) is 0 Å². The lowest BCUT2D eigenvalue weighted by molar-refractivity contribution is 0.251. The first kappa shape index (κ1) is 12.0. The van der Waals surface area contributed by atoms with Crippen LogP contribution in [0.1, 0.15) is 47.0 Å². The lowest BCUT2D eigenvalue weighted by atomic mass is 10.2. The molecular formula is C11H25N. The van der Waals surface area contributed by atoms with Crippen molar-refractivity contribution < 1.29 is 0 Å². The summed E-state index contributed by atoms with van der Waals surface area (Å²) in [5.41, 5.74) is 0. The molecule has 0 heterocycles. The molecule has 0 saturated carbocycles. The largest absolute Gasteiger partial charge is 0.303 e. The summed E-state index contributed by atoms with van der Waals surface area (Å²) in [6.45, 7) is 12.9. The summed E-state index contributed by atoms with van der Waals surface area (Å²) in [5.74, 6) is 0.812. The van der Waals surface area contributed by atoms with Crippen LogP contribution >= 0.6 is 0 Å². The third-order valence-electron chi connectivity index (χ3n) is 2.15. The van der Waals surface area contributed by atoms with Gasteiger partial charge in [-0.1, -0.05) is 40.5 Å². The van der Waals surface area contributed by atoms with Crippen molar-refractivity contribution in [1.29, 1.82) is 0 Å². The minimum Gasteiger partial charge on any atom is -0.303 e. The molecule has 0 fully saturated rings. The Labute approximate surface area is 78.1 Å². The quantitative estimate of drug-likeness (QED) is 0.532. The van der Waals surface area contributed by atoms with Crippen LogP contribution < -0.4 is 0 Å². The molecule has 12 heavy (non-hydrogen) atoms. The van der Waals surface area contributed by atoms with Crippen molar-refractivity contribution in [3.05, 3.63) is 0 Å². The van der Waals surface area contributed by atoms with E-state index in [-0.39, 0.29) is 0 Å². The maximum atomic E-state index is 2.56. The van der Waals surface area contributed by atoms with Crippen molar-refractivity contribution >= 4 is 0 Å². The third-order valence-corrected chi connectivity index (χ3v) is 2.15. The van der Waals surface area contributed by atoms with Crippen LogP contribution in [0.4, 0.5) is 0 Å². The number of hydrogen-bond donors (Lipinski definition) is 0. The molecule has 1 heteroatoms. The number of unbranched alkanes of at least 4 members (excludes halogenated alkanes) is 2. The van der Waals surface area contributed by atoms with Gasteiger partial charge in [0.2, 0.25) is 0 Å². The van der Waals surface area contributed by atoms with Gasteiger partial charge in [0.1, 0.15) is 0 Å². The van der Waals surface area contributed by atoms with Gasteiger partial charge in [-0.15, -0.1) is 0 Å². The van der Waals surface area contributed by atoms with Crippen LogP contribution in [0, 0.1) is 5.92 Å². The van der Waals surface area contributed by atoms with E-state index in [1.54, 1.807) is 0 Å². The highest BCUT2D eigenvalue weighted by molar-refractivity contribution is 4.57. The number of hydrogen-bond acceptors (Lipinski definition) is 1. The zero-order valence-corrected chi connectivity index (χ0v) is 9.27. The molecule has 1 nitrogen and oxygen atoms in total. The van der Waals surface area contributed by atoms with Crippen molar-refractivity contribution in [3.8, 4) is 0 Å². The topological polar surface area (TPSA) is 3.24 Å². The minimum absolute atomic E-state index is 0.812. The zero-order valence-electron chi connectivity index (χ0n) is 9.27. The molecule has 0 atom stereocenters. The van der Waals surface area contributed by atoms with Gasteiger partial charge in [-0.2, -0.15) is 0 Å². The van der Waals surface area contributed by atoms with Crippen LogP contribution in [-0.2, 0) is 0 Å². The predicted molar refractivity (Wildman–Crippen MR) is 56.5 cm³/mol. The molecule has 0 bridgehead atoms. The van der Waals surface area contributed by atoms with Gasteiger partial charge >= 0.3 is 0 Å². The van der Waals surface area contributed by atoms with E-state index in [0.29, 0.717) is 0 Å². The van der Waals surface area contributed by atoms with Crippen LogP contribution in [0.3, 0.4) is 0 Å². The van der Waals surface area contributed by atoms with E-state index in [9.17, 15) is 0 Å². The lowest BCUT2D eigenvalue weighted by Gasteiger charge is -2.22. The molecule has 0 unspecified atom stereocenters. The standard InChI is InChI=1S/C11H25N/c1-5-7-8-9-12(6-2)10-11(3)4/h11H,5-10H2,1-4H3. The second-order valence-electron chi connectivity index (χ2n) is 3.99. The highest BCUT2D eigenvalue weighted by Gasteiger charge is 2.03. The van der Waals surface area contributed by atoms with E-state index in [4.69, 9.17) is 0 Å². The second-order valence-corrected chi connectivity index (χ2v) is 3.99. The summed E-state index contributed by atoms with van der Waals surface area (Å²) in [7, 11) is 0. The van der Waals surface area contributed by atoms with E-state index in [1.165, 1.54) is 38.9 Å². The van der Waals surface area contributed by atoms with Gasteiger partial charge in [0.15, 0.2) is 0 Å². The second kappa shape index (κ2) is 7.60. The van der Waals surface area contributed by atoms with Crippen LogP contribution in [-0.4, -0.2) is 24.5 Å². The van der Waals surface area contributed by atoms with Gasteiger partial charge in [-0.3, -0.25) is 0 Å². The molecule has 0 N–H and O–H groups in total. The Morgan fingerprint density at radius 2 is 1.75 bits per heavy atom. The lowest BCUT2D eigenvalue weighted by Crippen LogP contribution is -2.28. The van der Waals surface area contributed by atoms with Gasteiger partial charge in [-0.25, -0.2) is 0 Å². The van der Waals surface area contributed by atoms with E-state index in [1.807, 2.05) is 0 Å². The molecule has 0 saturated heterocycles. The third kappa shape index (κ3) is 6.66. The Bertz CT molecular complexity index is 89.0. The van der Waals surface area contributed by atoms with Gasteiger partial charge < -0.3 is 4.90 Å². The van der Waals surface area contributed by atoms with Gasteiger partial charge in [0, 0.05) is 6.54 Å². The van der Waals surface area contributed by atoms with Crippen LogP contribution in [0.25, 0.3) is 0 Å². The molecule has 0 amide bonds. The fourth-order valence-electron chi connectivity index (χ4n) is 1.48. The molecule has 74 valence electrons. The Morgan fingerprint density at radius 1 is 1.08 bits per heavy atom. The molecule has 0 aromatic heterocycles. The summed E-state index contributed by atoms with van der Waals surface area (Å²) in [4.78, 5) is 2.56. The first-order chi connectivity index (χ1) is 5.70. The van der Waals surface area contributed by atoms with E-state index >= 15 is 0 Å². The Hall–Kier alpha value is -0.0400. The minimum atomic E-state index is 0.812. The van der Waals surface area contributed by atoms with Gasteiger partial charge in [0.05, 0.1) is 0 Å². The molecule has 0 aliphatic carbocycles. The number of rotatable bonds is 7. The smallest absolute Gasteiger partial charge is 0.000427 e. The van der Waals surface area contributed by atoms with Crippen LogP contribution in [0.5, 0.6) is 0 Å². The highest BCUT2D eigenvalue weighted by Crippen LogP contribution is 2.02. The normalized spacial score (nSPS) is 11.5. The first-order valence-corrected chi connectivity index (χ1v) is 5.43. The van der Waals surface area contributed by atoms with Crippen molar-refractivity contribution in [2.75, 3.05) is 19.6 Å². The van der Waals surface area contributed by atoms with Crippen molar-refractivity contribution in [3.63, 3.8) is 0 Å². The van der Waals surface area contributed by atoms with Crippen molar-refractivity contribution in [2.45, 2.75) is 47.0 Å². The van der Waals surface area contributed by atoms with E-state index < -0.39 is 0 Å². The average molecular weight is 171 g/mol. The monoisotopic (exact) mass is 171 g/mol. The summed E-state index contributed by atoms with van der Waals surface area (Å²) in [6, 6.07) is 0. The predicted octanol–water partition coefficient (Wildman–Crippen LogP) is 3.15. The van der Waals surface area contributed by atoms with Crippen molar-refractivity contribution in [1.82, 2.24) is 4.90 Å². The fourth-order valence-corrected chi connectivity index (χ4v) is 1.48. The zero-order chi connectivity index (χ0) is 9.40. The van der Waals surface area contributed by atoms with E-state index in [0.717, 1.165) is 5.92 Å². The molecule has 0 aliphatic rings. The highest BCUT2D eigenvalue weighted by atomic mass is 15.1. The molecule has 0 spiro atoms. The summed E-state index contributed by atoms with van der Waals surface area (Å²) >= 11 is 0. The van der Waals surface area contributed by atoms with Gasteiger partial charge in [0.25, 0.3) is 0 Å². The molecule has 0 rings (SSSR count). The SMILES string of the molecule is CCCCCN(CC)CC(C)C. The molecule has 0 radical (unpaired) electrons. The van der Waals surface area contributed by atoms with Crippen LogP contribution in [0.2, 0.25) is 0 Å². The summed E-state index contributed by atoms with van der Waals surface area (Å²) in [6.07, 6.45) is 4.09. The number of nitrogens with zero attached hydrogens (tertiary/aromatic N) is 1. The Kier molecular flexibility index (Phi) is 7.58. The summed E-state index contributed by atoms with van der Waals surface area (Å²) < 4.78 is 0.